The summed E-state index contributed by atoms with van der Waals surface area (Å²) in [5.41, 5.74) is 1.08. The highest BCUT2D eigenvalue weighted by Crippen LogP contribution is 2.36. The number of rotatable bonds is 2. The molecular weight excluding hydrogens is 220 g/mol. The zero-order chi connectivity index (χ0) is 9.14. The fourth-order valence-corrected chi connectivity index (χ4v) is 1.63. The highest BCUT2D eigenvalue weighted by Gasteiger charge is 2.08. The summed E-state index contributed by atoms with van der Waals surface area (Å²) >= 11 is 3.30. The standard InChI is InChI=1S/C9H11BrO2/c1-3-6-4-5-7(12-2)9(11)8(6)10/h4-5,11H,3H2,1-2H3. The van der Waals surface area contributed by atoms with Gasteiger partial charge in [-0.15, -0.1) is 0 Å². The predicted molar refractivity (Wildman–Crippen MR) is 51.7 cm³/mol. The summed E-state index contributed by atoms with van der Waals surface area (Å²) < 4.78 is 5.67. The second-order valence-corrected chi connectivity index (χ2v) is 3.24. The van der Waals surface area contributed by atoms with Crippen molar-refractivity contribution in [2.75, 3.05) is 7.11 Å². The topological polar surface area (TPSA) is 29.5 Å². The smallest absolute Gasteiger partial charge is 0.172 e. The highest BCUT2D eigenvalue weighted by atomic mass is 79.9. The van der Waals surface area contributed by atoms with Crippen molar-refractivity contribution in [3.8, 4) is 11.5 Å². The van der Waals surface area contributed by atoms with Crippen LogP contribution in [0.1, 0.15) is 12.5 Å². The fourth-order valence-electron chi connectivity index (χ4n) is 1.03. The minimum Gasteiger partial charge on any atom is -0.503 e. The molecule has 0 aliphatic carbocycles. The number of benzene rings is 1. The molecule has 0 aliphatic rings. The summed E-state index contributed by atoms with van der Waals surface area (Å²) in [6, 6.07) is 3.70. The minimum absolute atomic E-state index is 0.178. The maximum Gasteiger partial charge on any atom is 0.172 e. The van der Waals surface area contributed by atoms with Crippen molar-refractivity contribution < 1.29 is 9.84 Å². The molecule has 0 amide bonds. The molecule has 0 unspecified atom stereocenters. The van der Waals surface area contributed by atoms with Gasteiger partial charge in [0.1, 0.15) is 0 Å². The highest BCUT2D eigenvalue weighted by molar-refractivity contribution is 9.10. The number of methoxy groups -OCH3 is 1. The predicted octanol–water partition coefficient (Wildman–Crippen LogP) is 2.73. The molecule has 3 heteroatoms. The molecule has 0 aliphatic heterocycles. The minimum atomic E-state index is 0.178. The van der Waals surface area contributed by atoms with Crippen LogP contribution >= 0.6 is 15.9 Å². The first kappa shape index (κ1) is 9.39. The van der Waals surface area contributed by atoms with Gasteiger partial charge >= 0.3 is 0 Å². The van der Waals surface area contributed by atoms with E-state index in [0.717, 1.165) is 16.5 Å². The van der Waals surface area contributed by atoms with Gasteiger partial charge in [0.15, 0.2) is 11.5 Å². The van der Waals surface area contributed by atoms with E-state index in [1.165, 1.54) is 7.11 Å². The van der Waals surface area contributed by atoms with Crippen molar-refractivity contribution in [2.24, 2.45) is 0 Å². The van der Waals surface area contributed by atoms with Crippen LogP contribution in [0.25, 0.3) is 0 Å². The maximum absolute atomic E-state index is 9.54. The SMILES string of the molecule is CCc1ccc(OC)c(O)c1Br. The molecule has 2 nitrogen and oxygen atoms in total. The van der Waals surface area contributed by atoms with E-state index in [2.05, 4.69) is 15.9 Å². The van der Waals surface area contributed by atoms with Crippen LogP contribution in [-0.2, 0) is 6.42 Å². The van der Waals surface area contributed by atoms with Crippen LogP contribution in [0.15, 0.2) is 16.6 Å². The Morgan fingerprint density at radius 2 is 2.17 bits per heavy atom. The van der Waals surface area contributed by atoms with Gasteiger partial charge in [-0.2, -0.15) is 0 Å². The number of hydrogen-bond acceptors (Lipinski definition) is 2. The van der Waals surface area contributed by atoms with Crippen molar-refractivity contribution >= 4 is 15.9 Å². The molecule has 0 saturated carbocycles. The molecule has 0 heterocycles. The lowest BCUT2D eigenvalue weighted by atomic mass is 10.1. The third-order valence-electron chi connectivity index (χ3n) is 1.76. The molecule has 1 aromatic carbocycles. The largest absolute Gasteiger partial charge is 0.503 e. The van der Waals surface area contributed by atoms with Crippen molar-refractivity contribution in [1.29, 1.82) is 0 Å². The van der Waals surface area contributed by atoms with Gasteiger partial charge in [-0.3, -0.25) is 0 Å². The van der Waals surface area contributed by atoms with Gasteiger partial charge in [0.2, 0.25) is 0 Å². The van der Waals surface area contributed by atoms with E-state index in [0.29, 0.717) is 5.75 Å². The van der Waals surface area contributed by atoms with Crippen LogP contribution in [-0.4, -0.2) is 12.2 Å². The van der Waals surface area contributed by atoms with Gasteiger partial charge in [0, 0.05) is 0 Å². The second kappa shape index (κ2) is 3.81. The Hall–Kier alpha value is -0.700. The Morgan fingerprint density at radius 3 is 2.67 bits per heavy atom. The molecular formula is C9H11BrO2. The van der Waals surface area contributed by atoms with Crippen LogP contribution in [0.5, 0.6) is 11.5 Å². The Balaban J connectivity index is 3.20. The third-order valence-corrected chi connectivity index (χ3v) is 2.64. The molecule has 1 aromatic rings. The fraction of sp³-hybridized carbons (Fsp3) is 0.333. The Kier molecular flexibility index (Phi) is 2.98. The number of hydrogen-bond donors (Lipinski definition) is 1. The lowest BCUT2D eigenvalue weighted by molar-refractivity contribution is 0.371. The molecule has 0 spiro atoms. The van der Waals surface area contributed by atoms with Gasteiger partial charge in [-0.1, -0.05) is 13.0 Å². The van der Waals surface area contributed by atoms with Crippen LogP contribution in [0.3, 0.4) is 0 Å². The summed E-state index contributed by atoms with van der Waals surface area (Å²) in [7, 11) is 1.53. The molecule has 0 fully saturated rings. The normalized spacial score (nSPS) is 9.92. The van der Waals surface area contributed by atoms with E-state index in [-0.39, 0.29) is 5.75 Å². The van der Waals surface area contributed by atoms with Gasteiger partial charge < -0.3 is 9.84 Å². The van der Waals surface area contributed by atoms with Crippen LogP contribution in [0, 0.1) is 0 Å². The van der Waals surface area contributed by atoms with E-state index in [1.807, 2.05) is 13.0 Å². The molecule has 0 radical (unpaired) electrons. The molecule has 0 saturated heterocycles. The van der Waals surface area contributed by atoms with E-state index in [4.69, 9.17) is 4.74 Å². The second-order valence-electron chi connectivity index (χ2n) is 2.44. The molecule has 0 atom stereocenters. The Labute approximate surface area is 80.3 Å². The summed E-state index contributed by atoms with van der Waals surface area (Å²) in [5, 5.41) is 9.54. The first-order valence-electron chi connectivity index (χ1n) is 3.75. The molecule has 1 N–H and O–H groups in total. The number of aromatic hydroxyl groups is 1. The Morgan fingerprint density at radius 1 is 1.50 bits per heavy atom. The van der Waals surface area contributed by atoms with Crippen LogP contribution < -0.4 is 4.74 Å². The summed E-state index contributed by atoms with van der Waals surface area (Å²) in [6.45, 7) is 2.03. The first-order valence-corrected chi connectivity index (χ1v) is 4.54. The van der Waals surface area contributed by atoms with Crippen molar-refractivity contribution in [1.82, 2.24) is 0 Å². The molecule has 12 heavy (non-hydrogen) atoms. The average Bonchev–Trinajstić information content (AvgIpc) is 2.10. The summed E-state index contributed by atoms with van der Waals surface area (Å²) in [5.74, 6) is 0.677. The Bertz CT molecular complexity index is 255. The number of ether oxygens (including phenoxy) is 1. The van der Waals surface area contributed by atoms with Gasteiger partial charge in [-0.05, 0) is 34.0 Å². The monoisotopic (exact) mass is 230 g/mol. The quantitative estimate of drug-likeness (QED) is 0.847. The van der Waals surface area contributed by atoms with Gasteiger partial charge in [-0.25, -0.2) is 0 Å². The van der Waals surface area contributed by atoms with E-state index in [9.17, 15) is 5.11 Å². The van der Waals surface area contributed by atoms with Gasteiger partial charge in [0.05, 0.1) is 11.6 Å². The zero-order valence-corrected chi connectivity index (χ0v) is 8.68. The van der Waals surface area contributed by atoms with Crippen LogP contribution in [0.4, 0.5) is 0 Å². The maximum atomic E-state index is 9.54. The van der Waals surface area contributed by atoms with E-state index in [1.54, 1.807) is 6.07 Å². The lowest BCUT2D eigenvalue weighted by Crippen LogP contribution is -1.88. The van der Waals surface area contributed by atoms with Crippen molar-refractivity contribution in [2.45, 2.75) is 13.3 Å². The molecule has 0 bridgehead atoms. The molecule has 1 rings (SSSR count). The van der Waals surface area contributed by atoms with Crippen LogP contribution in [0.2, 0.25) is 0 Å². The molecule has 0 aromatic heterocycles. The number of aryl methyl sites for hydroxylation is 1. The third kappa shape index (κ3) is 1.55. The molecule has 66 valence electrons. The summed E-state index contributed by atoms with van der Waals surface area (Å²) in [6.07, 6.45) is 0.887. The van der Waals surface area contributed by atoms with E-state index < -0.39 is 0 Å². The lowest BCUT2D eigenvalue weighted by Gasteiger charge is -2.07. The zero-order valence-electron chi connectivity index (χ0n) is 7.10. The number of halogens is 1. The van der Waals surface area contributed by atoms with Crippen molar-refractivity contribution in [3.05, 3.63) is 22.2 Å². The van der Waals surface area contributed by atoms with Gasteiger partial charge in [0.25, 0.3) is 0 Å². The average molecular weight is 231 g/mol. The number of phenolic OH excluding ortho intramolecular Hbond substituents is 1. The van der Waals surface area contributed by atoms with E-state index >= 15 is 0 Å². The van der Waals surface area contributed by atoms with Crippen molar-refractivity contribution in [3.63, 3.8) is 0 Å². The number of phenols is 1. The first-order chi connectivity index (χ1) is 5.70. The summed E-state index contributed by atoms with van der Waals surface area (Å²) in [4.78, 5) is 0.